The van der Waals surface area contributed by atoms with Gasteiger partial charge in [-0.25, -0.2) is 0 Å². The molecule has 1 rings (SSSR count). The third kappa shape index (κ3) is 1.51. The minimum absolute atomic E-state index is 0.700. The highest BCUT2D eigenvalue weighted by atomic mass is 14.9. The first kappa shape index (κ1) is 8.06. The molecule has 10 heavy (non-hydrogen) atoms. The summed E-state index contributed by atoms with van der Waals surface area (Å²) in [7, 11) is 0. The zero-order chi connectivity index (χ0) is 7.45. The van der Waals surface area contributed by atoms with E-state index in [-0.39, 0.29) is 0 Å². The lowest BCUT2D eigenvalue weighted by atomic mass is 9.75. The first-order valence-electron chi connectivity index (χ1n) is 4.54. The van der Waals surface area contributed by atoms with Crippen LogP contribution in [0.5, 0.6) is 0 Å². The molecule has 1 aliphatic rings. The van der Waals surface area contributed by atoms with E-state index in [1.807, 2.05) is 0 Å². The van der Waals surface area contributed by atoms with Crippen molar-refractivity contribution in [3.05, 3.63) is 0 Å². The Hall–Kier alpha value is -0.0400. The van der Waals surface area contributed by atoms with Crippen molar-refractivity contribution in [1.82, 2.24) is 5.32 Å². The van der Waals surface area contributed by atoms with Gasteiger partial charge < -0.3 is 5.32 Å². The monoisotopic (exact) mass is 141 g/mol. The van der Waals surface area contributed by atoms with Gasteiger partial charge in [-0.3, -0.25) is 0 Å². The van der Waals surface area contributed by atoms with Crippen LogP contribution in [-0.2, 0) is 0 Å². The first-order chi connectivity index (χ1) is 4.83. The van der Waals surface area contributed by atoms with E-state index in [1.165, 1.54) is 38.8 Å². The third-order valence-corrected chi connectivity index (χ3v) is 3.16. The predicted octanol–water partition coefficient (Wildman–Crippen LogP) is 2.18. The highest BCUT2D eigenvalue weighted by Crippen LogP contribution is 2.35. The van der Waals surface area contributed by atoms with Crippen LogP contribution in [-0.4, -0.2) is 13.1 Å². The molecule has 1 N–H and O–H groups in total. The molecule has 1 aliphatic heterocycles. The molecule has 0 spiro atoms. The van der Waals surface area contributed by atoms with Gasteiger partial charge >= 0.3 is 0 Å². The average Bonchev–Trinajstić information content (AvgIpc) is 2.06. The van der Waals surface area contributed by atoms with Crippen molar-refractivity contribution in [2.45, 2.75) is 39.5 Å². The van der Waals surface area contributed by atoms with Gasteiger partial charge in [0.1, 0.15) is 0 Å². The summed E-state index contributed by atoms with van der Waals surface area (Å²) < 4.78 is 0. The Labute approximate surface area is 64.2 Å². The molecule has 60 valence electrons. The molecule has 1 heterocycles. The molecule has 0 unspecified atom stereocenters. The summed E-state index contributed by atoms with van der Waals surface area (Å²) in [6.07, 6.45) is 5.51. The van der Waals surface area contributed by atoms with E-state index in [4.69, 9.17) is 0 Å². The highest BCUT2D eigenvalue weighted by molar-refractivity contribution is 4.81. The van der Waals surface area contributed by atoms with E-state index in [9.17, 15) is 0 Å². The molecule has 0 aromatic rings. The average molecular weight is 141 g/mol. The van der Waals surface area contributed by atoms with Gasteiger partial charge in [0, 0.05) is 0 Å². The molecular formula is C9H19N. The van der Waals surface area contributed by atoms with E-state index in [2.05, 4.69) is 19.2 Å². The third-order valence-electron chi connectivity index (χ3n) is 3.16. The Morgan fingerprint density at radius 1 is 1.10 bits per heavy atom. The lowest BCUT2D eigenvalue weighted by Crippen LogP contribution is -2.35. The molecule has 0 aliphatic carbocycles. The largest absolute Gasteiger partial charge is 0.317 e. The molecule has 0 bridgehead atoms. The maximum Gasteiger partial charge on any atom is -0.00436 e. The Bertz CT molecular complexity index is 86.9. The zero-order valence-electron chi connectivity index (χ0n) is 7.24. The predicted molar refractivity (Wildman–Crippen MR) is 45.1 cm³/mol. The summed E-state index contributed by atoms with van der Waals surface area (Å²) >= 11 is 0. The molecule has 0 amide bonds. The summed E-state index contributed by atoms with van der Waals surface area (Å²) in [6.45, 7) is 7.13. The maximum atomic E-state index is 3.41. The molecule has 0 aromatic heterocycles. The van der Waals surface area contributed by atoms with E-state index in [0.29, 0.717) is 5.41 Å². The smallest absolute Gasteiger partial charge is 0.00436 e. The fraction of sp³-hybridized carbons (Fsp3) is 1.00. The van der Waals surface area contributed by atoms with E-state index in [1.54, 1.807) is 0 Å². The Morgan fingerprint density at radius 3 is 1.90 bits per heavy atom. The van der Waals surface area contributed by atoms with Gasteiger partial charge in [-0.15, -0.1) is 0 Å². The summed E-state index contributed by atoms with van der Waals surface area (Å²) in [6, 6.07) is 0. The van der Waals surface area contributed by atoms with Crippen molar-refractivity contribution in [2.24, 2.45) is 5.41 Å². The van der Waals surface area contributed by atoms with E-state index >= 15 is 0 Å². The standard InChI is InChI=1S/C9H19N/c1-3-9(4-2)5-7-10-8-6-9/h10H,3-8H2,1-2H3. The molecule has 1 fully saturated rings. The van der Waals surface area contributed by atoms with Crippen molar-refractivity contribution >= 4 is 0 Å². The van der Waals surface area contributed by atoms with Crippen molar-refractivity contribution in [3.63, 3.8) is 0 Å². The van der Waals surface area contributed by atoms with Crippen LogP contribution in [0.4, 0.5) is 0 Å². The van der Waals surface area contributed by atoms with Gasteiger partial charge in [0.2, 0.25) is 0 Å². The van der Waals surface area contributed by atoms with E-state index < -0.39 is 0 Å². The van der Waals surface area contributed by atoms with Gasteiger partial charge in [-0.05, 0) is 31.3 Å². The zero-order valence-corrected chi connectivity index (χ0v) is 7.24. The Kier molecular flexibility index (Phi) is 2.72. The second kappa shape index (κ2) is 3.38. The Balaban J connectivity index is 2.44. The fourth-order valence-corrected chi connectivity index (χ4v) is 1.91. The quantitative estimate of drug-likeness (QED) is 0.621. The maximum absolute atomic E-state index is 3.41. The molecule has 0 saturated carbocycles. The van der Waals surface area contributed by atoms with Crippen LogP contribution in [0.25, 0.3) is 0 Å². The van der Waals surface area contributed by atoms with Crippen LogP contribution in [0.15, 0.2) is 0 Å². The SMILES string of the molecule is CCC1(CC)CCNCC1. The van der Waals surface area contributed by atoms with E-state index in [0.717, 1.165) is 0 Å². The summed E-state index contributed by atoms with van der Waals surface area (Å²) in [5.41, 5.74) is 0.700. The van der Waals surface area contributed by atoms with Crippen LogP contribution < -0.4 is 5.32 Å². The number of hydrogen-bond donors (Lipinski definition) is 1. The van der Waals surface area contributed by atoms with Gasteiger partial charge in [-0.2, -0.15) is 0 Å². The minimum Gasteiger partial charge on any atom is -0.317 e. The van der Waals surface area contributed by atoms with Crippen LogP contribution >= 0.6 is 0 Å². The molecule has 0 radical (unpaired) electrons. The molecule has 1 saturated heterocycles. The van der Waals surface area contributed by atoms with Gasteiger partial charge in [-0.1, -0.05) is 26.7 Å². The van der Waals surface area contributed by atoms with Gasteiger partial charge in [0.15, 0.2) is 0 Å². The fourth-order valence-electron chi connectivity index (χ4n) is 1.91. The summed E-state index contributed by atoms with van der Waals surface area (Å²) in [4.78, 5) is 0. The van der Waals surface area contributed by atoms with Crippen molar-refractivity contribution in [1.29, 1.82) is 0 Å². The molecule has 0 aromatic carbocycles. The molecular weight excluding hydrogens is 122 g/mol. The van der Waals surface area contributed by atoms with Crippen molar-refractivity contribution in [3.8, 4) is 0 Å². The molecule has 0 atom stereocenters. The van der Waals surface area contributed by atoms with Crippen LogP contribution in [0, 0.1) is 5.41 Å². The van der Waals surface area contributed by atoms with Crippen LogP contribution in [0.2, 0.25) is 0 Å². The topological polar surface area (TPSA) is 12.0 Å². The number of rotatable bonds is 2. The van der Waals surface area contributed by atoms with Crippen LogP contribution in [0.3, 0.4) is 0 Å². The highest BCUT2D eigenvalue weighted by Gasteiger charge is 2.27. The second-order valence-electron chi connectivity index (χ2n) is 3.46. The lowest BCUT2D eigenvalue weighted by molar-refractivity contribution is 0.185. The second-order valence-corrected chi connectivity index (χ2v) is 3.46. The normalized spacial score (nSPS) is 24.6. The number of hydrogen-bond acceptors (Lipinski definition) is 1. The summed E-state index contributed by atoms with van der Waals surface area (Å²) in [5, 5.41) is 3.41. The number of piperidine rings is 1. The minimum atomic E-state index is 0.700. The van der Waals surface area contributed by atoms with Gasteiger partial charge in [0.05, 0.1) is 0 Å². The summed E-state index contributed by atoms with van der Waals surface area (Å²) in [5.74, 6) is 0. The van der Waals surface area contributed by atoms with Crippen LogP contribution in [0.1, 0.15) is 39.5 Å². The Morgan fingerprint density at radius 2 is 1.60 bits per heavy atom. The van der Waals surface area contributed by atoms with Crippen molar-refractivity contribution in [2.75, 3.05) is 13.1 Å². The molecule has 1 nitrogen and oxygen atoms in total. The number of nitrogens with one attached hydrogen (secondary N) is 1. The lowest BCUT2D eigenvalue weighted by Gasteiger charge is -2.35. The first-order valence-corrected chi connectivity index (χ1v) is 4.54. The van der Waals surface area contributed by atoms with Crippen molar-refractivity contribution < 1.29 is 0 Å². The van der Waals surface area contributed by atoms with Gasteiger partial charge in [0.25, 0.3) is 0 Å². The molecule has 1 heteroatoms.